The summed E-state index contributed by atoms with van der Waals surface area (Å²) in [7, 11) is 7.88. The first-order valence-corrected chi connectivity index (χ1v) is 7.52. The van der Waals surface area contributed by atoms with Gasteiger partial charge in [-0.1, -0.05) is 31.4 Å². The second-order valence-electron chi connectivity index (χ2n) is 6.95. The smallest absolute Gasteiger partial charge is 0.330 e. The summed E-state index contributed by atoms with van der Waals surface area (Å²) in [4.78, 5) is 2.20. The van der Waals surface area contributed by atoms with E-state index in [4.69, 9.17) is 12.5 Å². The van der Waals surface area contributed by atoms with Gasteiger partial charge in [-0.2, -0.15) is 0 Å². The van der Waals surface area contributed by atoms with Gasteiger partial charge in [0, 0.05) is 24.4 Å². The first-order valence-electron chi connectivity index (χ1n) is 7.52. The minimum Gasteiger partial charge on any atom is -0.430 e. The molecule has 1 atom stereocenters. The molecule has 111 valence electrons. The van der Waals surface area contributed by atoms with Gasteiger partial charge in [0.25, 0.3) is 0 Å². The lowest BCUT2D eigenvalue weighted by Gasteiger charge is -2.39. The molecule has 0 amide bonds. The van der Waals surface area contributed by atoms with E-state index in [1.807, 2.05) is 39.8 Å². The van der Waals surface area contributed by atoms with Crippen LogP contribution in [0.15, 0.2) is 24.3 Å². The Labute approximate surface area is 130 Å². The summed E-state index contributed by atoms with van der Waals surface area (Å²) in [5.74, 6) is 0. The molecule has 1 aromatic rings. The fourth-order valence-electron chi connectivity index (χ4n) is 2.11. The third-order valence-electron chi connectivity index (χ3n) is 4.46. The minimum atomic E-state index is -0.440. The molecule has 1 aliphatic heterocycles. The van der Waals surface area contributed by atoms with Crippen molar-refractivity contribution in [2.75, 3.05) is 18.0 Å². The molecule has 1 saturated heterocycles. The maximum atomic E-state index is 9.59. The number of rotatable bonds is 5. The maximum absolute atomic E-state index is 9.59. The average molecular weight is 284 g/mol. The third kappa shape index (κ3) is 4.04. The molecule has 0 unspecified atom stereocenters. The van der Waals surface area contributed by atoms with E-state index >= 15 is 0 Å². The van der Waals surface area contributed by atoms with Gasteiger partial charge in [-0.05, 0) is 37.7 Å². The van der Waals surface area contributed by atoms with Gasteiger partial charge in [-0.3, -0.25) is 0 Å². The number of β-amino-alcohol motifs (C(OH)–C–C–N with tert-alkyl or cyclic N) is 1. The molecule has 0 saturated carbocycles. The molecule has 5 heteroatoms. The summed E-state index contributed by atoms with van der Waals surface area (Å²) in [6.45, 7) is 9.53. The SMILES string of the molecule is [B]C(C)(C)C(C)(C)O[B]c1ccc(N2CC[C@@H](O)C2)cc1. The van der Waals surface area contributed by atoms with Crippen molar-refractivity contribution in [1.29, 1.82) is 0 Å². The predicted octanol–water partition coefficient (Wildman–Crippen LogP) is 1.66. The third-order valence-corrected chi connectivity index (χ3v) is 4.46. The number of benzene rings is 1. The highest BCUT2D eigenvalue weighted by atomic mass is 16.5. The quantitative estimate of drug-likeness (QED) is 0.835. The van der Waals surface area contributed by atoms with Crippen molar-refractivity contribution in [2.24, 2.45) is 0 Å². The molecular weight excluding hydrogens is 260 g/mol. The summed E-state index contributed by atoms with van der Waals surface area (Å²) >= 11 is 0. The van der Waals surface area contributed by atoms with Crippen molar-refractivity contribution >= 4 is 26.5 Å². The van der Waals surface area contributed by atoms with Crippen molar-refractivity contribution < 1.29 is 9.76 Å². The van der Waals surface area contributed by atoms with Crippen LogP contribution in [0.3, 0.4) is 0 Å². The van der Waals surface area contributed by atoms with Crippen LogP contribution in [0.25, 0.3) is 0 Å². The summed E-state index contributed by atoms with van der Waals surface area (Å²) in [6, 6.07) is 8.18. The fourth-order valence-corrected chi connectivity index (χ4v) is 2.11. The molecule has 3 radical (unpaired) electrons. The number of hydrogen-bond donors (Lipinski definition) is 1. The lowest BCUT2D eigenvalue weighted by Crippen LogP contribution is -2.40. The normalized spacial score (nSPS) is 19.9. The van der Waals surface area contributed by atoms with Crippen LogP contribution < -0.4 is 10.4 Å². The standard InChI is InChI=1S/C16H24B2NO2/c1-15(2,17)16(3,4)21-18-12-5-7-13(8-6-12)19-10-9-14(20)11-19/h5-8,14,20H,9-11H2,1-4H3/t14-/m1/s1. The molecule has 1 fully saturated rings. The van der Waals surface area contributed by atoms with E-state index < -0.39 is 10.9 Å². The van der Waals surface area contributed by atoms with Crippen molar-refractivity contribution in [3.8, 4) is 0 Å². The highest BCUT2D eigenvalue weighted by Gasteiger charge is 2.32. The van der Waals surface area contributed by atoms with Gasteiger partial charge in [0.05, 0.1) is 14.0 Å². The molecule has 1 aromatic carbocycles. The van der Waals surface area contributed by atoms with E-state index in [0.717, 1.165) is 24.1 Å². The van der Waals surface area contributed by atoms with Crippen LogP contribution in [0.4, 0.5) is 5.69 Å². The van der Waals surface area contributed by atoms with E-state index in [2.05, 4.69) is 17.0 Å². The van der Waals surface area contributed by atoms with Gasteiger partial charge in [0.15, 0.2) is 0 Å². The number of anilines is 1. The van der Waals surface area contributed by atoms with Gasteiger partial charge in [0.2, 0.25) is 0 Å². The number of aliphatic hydroxyl groups is 1. The zero-order chi connectivity index (χ0) is 15.7. The Balaban J connectivity index is 1.94. The number of hydrogen-bond acceptors (Lipinski definition) is 3. The van der Waals surface area contributed by atoms with Crippen LogP contribution in [0.5, 0.6) is 0 Å². The highest BCUT2D eigenvalue weighted by molar-refractivity contribution is 6.47. The Morgan fingerprint density at radius 2 is 1.86 bits per heavy atom. The van der Waals surface area contributed by atoms with Crippen molar-refractivity contribution in [2.45, 2.75) is 51.1 Å². The van der Waals surface area contributed by atoms with Crippen LogP contribution in [0, 0.1) is 0 Å². The van der Waals surface area contributed by atoms with Crippen LogP contribution >= 0.6 is 0 Å². The maximum Gasteiger partial charge on any atom is 0.330 e. The Hall–Kier alpha value is -0.930. The largest absolute Gasteiger partial charge is 0.430 e. The molecule has 3 nitrogen and oxygen atoms in total. The summed E-state index contributed by atoms with van der Waals surface area (Å²) in [5.41, 5.74) is 1.71. The van der Waals surface area contributed by atoms with E-state index in [9.17, 15) is 5.11 Å². The minimum absolute atomic E-state index is 0.202. The molecular formula is C16H24B2NO2. The molecule has 1 aliphatic rings. The zero-order valence-corrected chi connectivity index (χ0v) is 13.5. The van der Waals surface area contributed by atoms with E-state index in [1.54, 1.807) is 7.48 Å². The monoisotopic (exact) mass is 284 g/mol. The molecule has 1 N–H and O–H groups in total. The van der Waals surface area contributed by atoms with Gasteiger partial charge >= 0.3 is 7.48 Å². The summed E-state index contributed by atoms with van der Waals surface area (Å²) in [5, 5.41) is 9.16. The van der Waals surface area contributed by atoms with Crippen LogP contribution in [0.2, 0.25) is 5.31 Å². The molecule has 0 bridgehead atoms. The highest BCUT2D eigenvalue weighted by Crippen LogP contribution is 2.36. The second-order valence-corrected chi connectivity index (χ2v) is 6.95. The molecule has 2 rings (SSSR count). The van der Waals surface area contributed by atoms with Gasteiger partial charge in [-0.15, -0.1) is 0 Å². The molecule has 0 aliphatic carbocycles. The van der Waals surface area contributed by atoms with Crippen LogP contribution in [-0.2, 0) is 4.65 Å². The first kappa shape index (κ1) is 16.4. The number of aliphatic hydroxyl groups excluding tert-OH is 1. The lowest BCUT2D eigenvalue weighted by molar-refractivity contribution is 0.0767. The lowest BCUT2D eigenvalue weighted by atomic mass is 9.61. The Morgan fingerprint density at radius 3 is 2.33 bits per heavy atom. The fraction of sp³-hybridized carbons (Fsp3) is 0.625. The number of nitrogens with zero attached hydrogens (tertiary/aromatic N) is 1. The van der Waals surface area contributed by atoms with Gasteiger partial charge in [-0.25, -0.2) is 0 Å². The first-order chi connectivity index (χ1) is 9.69. The van der Waals surface area contributed by atoms with Crippen LogP contribution in [-0.4, -0.2) is 45.2 Å². The van der Waals surface area contributed by atoms with Crippen molar-refractivity contribution in [3.63, 3.8) is 0 Å². The molecule has 21 heavy (non-hydrogen) atoms. The van der Waals surface area contributed by atoms with E-state index in [0.29, 0.717) is 6.54 Å². The molecule has 1 heterocycles. The Morgan fingerprint density at radius 1 is 1.24 bits per heavy atom. The predicted molar refractivity (Wildman–Crippen MR) is 89.6 cm³/mol. The average Bonchev–Trinajstić information content (AvgIpc) is 2.82. The Kier molecular flexibility index (Phi) is 4.74. The molecule has 0 aromatic heterocycles. The topological polar surface area (TPSA) is 32.7 Å². The summed E-state index contributed by atoms with van der Waals surface area (Å²) < 4.78 is 5.86. The molecule has 0 spiro atoms. The van der Waals surface area contributed by atoms with Gasteiger partial charge in [0.1, 0.15) is 0 Å². The zero-order valence-electron chi connectivity index (χ0n) is 13.5. The Bertz CT molecular complexity index is 468. The van der Waals surface area contributed by atoms with E-state index in [-0.39, 0.29) is 6.10 Å². The van der Waals surface area contributed by atoms with Crippen molar-refractivity contribution in [1.82, 2.24) is 0 Å². The van der Waals surface area contributed by atoms with Crippen LogP contribution in [0.1, 0.15) is 34.1 Å². The summed E-state index contributed by atoms with van der Waals surface area (Å²) in [6.07, 6.45) is 0.642. The van der Waals surface area contributed by atoms with Crippen molar-refractivity contribution in [3.05, 3.63) is 24.3 Å². The second kappa shape index (κ2) is 6.05. The van der Waals surface area contributed by atoms with E-state index in [1.165, 1.54) is 0 Å². The van der Waals surface area contributed by atoms with Gasteiger partial charge < -0.3 is 14.7 Å².